The molecule has 144 valence electrons. The van der Waals surface area contributed by atoms with Crippen LogP contribution in [0, 0.1) is 17.1 Å². The minimum atomic E-state index is -0.319. The maximum atomic E-state index is 13.6. The van der Waals surface area contributed by atoms with E-state index in [9.17, 15) is 9.18 Å². The fraction of sp³-hybridized carbons (Fsp3) is 0.286. The smallest absolute Gasteiger partial charge is 0.260 e. The van der Waals surface area contributed by atoms with Crippen LogP contribution >= 0.6 is 11.3 Å². The van der Waals surface area contributed by atoms with E-state index in [1.54, 1.807) is 35.2 Å². The zero-order valence-corrected chi connectivity index (χ0v) is 16.7. The number of nitrogens with zero attached hydrogens (tertiary/aromatic N) is 3. The Morgan fingerprint density at radius 1 is 1.21 bits per heavy atom. The Kier molecular flexibility index (Phi) is 6.34. The Bertz CT molecular complexity index is 1010. The molecular formula is C21H22FN4OS+. The van der Waals surface area contributed by atoms with Crippen molar-refractivity contribution in [2.75, 3.05) is 31.1 Å². The van der Waals surface area contributed by atoms with Crippen molar-refractivity contribution in [3.63, 3.8) is 0 Å². The second-order valence-corrected chi connectivity index (χ2v) is 7.47. The molecule has 0 saturated carbocycles. The number of likely N-dealkylation sites (N-methyl/N-ethyl adjacent to an activating group) is 1. The lowest BCUT2D eigenvalue weighted by Crippen LogP contribution is -3.12. The zero-order chi connectivity index (χ0) is 20.1. The normalized spacial score (nSPS) is 11.0. The van der Waals surface area contributed by atoms with Gasteiger partial charge in [0.2, 0.25) is 0 Å². The van der Waals surface area contributed by atoms with Crippen molar-refractivity contribution in [3.8, 4) is 6.07 Å². The summed E-state index contributed by atoms with van der Waals surface area (Å²) in [7, 11) is 0. The van der Waals surface area contributed by atoms with E-state index in [0.717, 1.165) is 19.6 Å². The summed E-state index contributed by atoms with van der Waals surface area (Å²) in [6, 6.07) is 13.1. The summed E-state index contributed by atoms with van der Waals surface area (Å²) in [6.45, 7) is 7.48. The zero-order valence-electron chi connectivity index (χ0n) is 15.9. The highest BCUT2D eigenvalue weighted by Gasteiger charge is 2.23. The SMILES string of the molecule is CC[NH+](CC)CCN(C(=O)c1ccc(C#N)cc1)c1nc2ccc(F)cc2s1. The number of rotatable bonds is 7. The van der Waals surface area contributed by atoms with Gasteiger partial charge in [-0.15, -0.1) is 0 Å². The first-order chi connectivity index (χ1) is 13.5. The first-order valence-corrected chi connectivity index (χ1v) is 10.1. The fourth-order valence-electron chi connectivity index (χ4n) is 3.00. The average Bonchev–Trinajstić information content (AvgIpc) is 3.13. The molecule has 0 fully saturated rings. The Morgan fingerprint density at radius 3 is 2.57 bits per heavy atom. The minimum absolute atomic E-state index is 0.171. The number of quaternary nitrogens is 1. The van der Waals surface area contributed by atoms with Crippen molar-refractivity contribution in [1.82, 2.24) is 4.98 Å². The van der Waals surface area contributed by atoms with E-state index < -0.39 is 0 Å². The number of halogens is 1. The van der Waals surface area contributed by atoms with Gasteiger partial charge in [-0.25, -0.2) is 9.37 Å². The predicted octanol–water partition coefficient (Wildman–Crippen LogP) is 2.88. The highest BCUT2D eigenvalue weighted by atomic mass is 32.1. The lowest BCUT2D eigenvalue weighted by atomic mass is 10.1. The summed E-state index contributed by atoms with van der Waals surface area (Å²) in [5.41, 5.74) is 1.68. The van der Waals surface area contributed by atoms with Gasteiger partial charge >= 0.3 is 0 Å². The number of nitrogens with one attached hydrogen (secondary N) is 1. The van der Waals surface area contributed by atoms with Crippen LogP contribution in [-0.2, 0) is 0 Å². The molecule has 5 nitrogen and oxygen atoms in total. The van der Waals surface area contributed by atoms with E-state index in [-0.39, 0.29) is 11.7 Å². The lowest BCUT2D eigenvalue weighted by Gasteiger charge is -2.23. The van der Waals surface area contributed by atoms with Gasteiger partial charge in [0, 0.05) is 5.56 Å². The molecule has 28 heavy (non-hydrogen) atoms. The summed E-state index contributed by atoms with van der Waals surface area (Å²) in [5.74, 6) is -0.490. The molecule has 3 aromatic rings. The molecule has 3 rings (SSSR count). The van der Waals surface area contributed by atoms with Crippen LogP contribution in [0.3, 0.4) is 0 Å². The summed E-state index contributed by atoms with van der Waals surface area (Å²) in [5, 5.41) is 9.53. The van der Waals surface area contributed by atoms with Gasteiger partial charge in [0.05, 0.1) is 48.0 Å². The van der Waals surface area contributed by atoms with Crippen LogP contribution in [0.25, 0.3) is 10.2 Å². The van der Waals surface area contributed by atoms with Crippen LogP contribution < -0.4 is 9.80 Å². The largest absolute Gasteiger partial charge is 0.334 e. The standard InChI is InChI=1S/C21H21FN4OS/c1-3-25(4-2)11-12-26(20(27)16-7-5-15(14-23)6-8-16)21-24-18-10-9-17(22)13-19(18)28-21/h5-10,13H,3-4,11-12H2,1-2H3/p+1. The summed E-state index contributed by atoms with van der Waals surface area (Å²) >= 11 is 1.31. The number of carbonyl (C=O) groups is 1. The monoisotopic (exact) mass is 397 g/mol. The van der Waals surface area contributed by atoms with Crippen molar-refractivity contribution < 1.29 is 14.1 Å². The number of nitriles is 1. The van der Waals surface area contributed by atoms with Crippen LogP contribution in [0.4, 0.5) is 9.52 Å². The van der Waals surface area contributed by atoms with Crippen molar-refractivity contribution >= 4 is 32.6 Å². The highest BCUT2D eigenvalue weighted by molar-refractivity contribution is 7.22. The molecule has 7 heteroatoms. The number of fused-ring (bicyclic) bond motifs is 1. The molecular weight excluding hydrogens is 375 g/mol. The van der Waals surface area contributed by atoms with Gasteiger partial charge in [-0.3, -0.25) is 9.69 Å². The average molecular weight is 397 g/mol. The maximum absolute atomic E-state index is 13.6. The molecule has 0 aliphatic heterocycles. The number of aromatic nitrogens is 1. The third-order valence-corrected chi connectivity index (χ3v) is 5.81. The Labute approximate surface area is 167 Å². The van der Waals surface area contributed by atoms with Crippen molar-refractivity contribution in [2.45, 2.75) is 13.8 Å². The van der Waals surface area contributed by atoms with Gasteiger partial charge in [0.25, 0.3) is 5.91 Å². The molecule has 1 N–H and O–H groups in total. The summed E-state index contributed by atoms with van der Waals surface area (Å²) < 4.78 is 14.3. The van der Waals surface area contributed by atoms with E-state index in [1.165, 1.54) is 28.4 Å². The minimum Gasteiger partial charge on any atom is -0.334 e. The molecule has 2 aromatic carbocycles. The molecule has 0 saturated heterocycles. The Morgan fingerprint density at radius 2 is 1.93 bits per heavy atom. The quantitative estimate of drug-likeness (QED) is 0.667. The topological polar surface area (TPSA) is 61.4 Å². The molecule has 0 atom stereocenters. The Hall–Kier alpha value is -2.82. The van der Waals surface area contributed by atoms with Crippen molar-refractivity contribution in [2.24, 2.45) is 0 Å². The number of hydrogen-bond donors (Lipinski definition) is 1. The van der Waals surface area contributed by atoms with Gasteiger partial charge in [0.1, 0.15) is 5.82 Å². The van der Waals surface area contributed by atoms with Crippen LogP contribution in [0.2, 0.25) is 0 Å². The van der Waals surface area contributed by atoms with Gasteiger partial charge in [-0.1, -0.05) is 11.3 Å². The number of anilines is 1. The number of thiazole rings is 1. The molecule has 0 unspecified atom stereocenters. The van der Waals surface area contributed by atoms with E-state index in [0.29, 0.717) is 33.0 Å². The van der Waals surface area contributed by atoms with Crippen LogP contribution in [0.15, 0.2) is 42.5 Å². The number of hydrogen-bond acceptors (Lipinski definition) is 4. The van der Waals surface area contributed by atoms with Crippen LogP contribution in [0.5, 0.6) is 0 Å². The van der Waals surface area contributed by atoms with E-state index in [4.69, 9.17) is 5.26 Å². The molecule has 0 aliphatic rings. The third kappa shape index (κ3) is 4.35. The van der Waals surface area contributed by atoms with E-state index in [1.807, 2.05) is 0 Å². The molecule has 1 heterocycles. The maximum Gasteiger partial charge on any atom is 0.260 e. The second-order valence-electron chi connectivity index (χ2n) is 6.46. The first-order valence-electron chi connectivity index (χ1n) is 9.27. The summed E-state index contributed by atoms with van der Waals surface area (Å²) in [6.07, 6.45) is 0. The molecule has 0 spiro atoms. The molecule has 1 amide bonds. The van der Waals surface area contributed by atoms with Gasteiger partial charge in [0.15, 0.2) is 5.13 Å². The van der Waals surface area contributed by atoms with E-state index >= 15 is 0 Å². The Balaban J connectivity index is 1.94. The lowest BCUT2D eigenvalue weighted by molar-refractivity contribution is -0.894. The van der Waals surface area contributed by atoms with Crippen molar-refractivity contribution in [1.29, 1.82) is 5.26 Å². The van der Waals surface area contributed by atoms with E-state index in [2.05, 4.69) is 24.9 Å². The highest BCUT2D eigenvalue weighted by Crippen LogP contribution is 2.30. The summed E-state index contributed by atoms with van der Waals surface area (Å²) in [4.78, 5) is 20.8. The van der Waals surface area contributed by atoms with Crippen molar-refractivity contribution in [3.05, 3.63) is 59.4 Å². The number of benzene rings is 2. The molecule has 1 aromatic heterocycles. The molecule has 0 bridgehead atoms. The first kappa shape index (κ1) is 19.9. The molecule has 0 radical (unpaired) electrons. The number of carbonyl (C=O) groups excluding carboxylic acids is 1. The van der Waals surface area contributed by atoms with Gasteiger partial charge < -0.3 is 4.90 Å². The second kappa shape index (κ2) is 8.91. The fourth-order valence-corrected chi connectivity index (χ4v) is 4.02. The van der Waals surface area contributed by atoms with Gasteiger partial charge in [-0.05, 0) is 56.3 Å². The predicted molar refractivity (Wildman–Crippen MR) is 109 cm³/mol. The van der Waals surface area contributed by atoms with Crippen LogP contribution in [0.1, 0.15) is 29.8 Å². The third-order valence-electron chi connectivity index (χ3n) is 4.77. The number of amides is 1. The van der Waals surface area contributed by atoms with Gasteiger partial charge in [-0.2, -0.15) is 5.26 Å². The molecule has 0 aliphatic carbocycles. The van der Waals surface area contributed by atoms with Crippen LogP contribution in [-0.4, -0.2) is 37.1 Å².